The second-order valence-corrected chi connectivity index (χ2v) is 4.65. The quantitative estimate of drug-likeness (QED) is 0.850. The van der Waals surface area contributed by atoms with E-state index in [-0.39, 0.29) is 24.6 Å². The van der Waals surface area contributed by atoms with Gasteiger partial charge in [-0.15, -0.1) is 0 Å². The molecule has 0 unspecified atom stereocenters. The van der Waals surface area contributed by atoms with Crippen LogP contribution in [0.1, 0.15) is 28.2 Å². The standard InChI is InChI=1S/C13H11F6N3/c14-12(15,16)8-1-7(2-9(4-8)13(17,18)19)3-10-6-21-11(5-20)22-10/h1-2,4,6H,3,5,20H2,(H,21,22). The fraction of sp³-hybridized carbons (Fsp3) is 0.308. The van der Waals surface area contributed by atoms with E-state index < -0.39 is 23.5 Å². The van der Waals surface area contributed by atoms with E-state index in [1.165, 1.54) is 6.20 Å². The number of hydrogen-bond acceptors (Lipinski definition) is 2. The molecule has 0 spiro atoms. The highest BCUT2D eigenvalue weighted by Gasteiger charge is 2.36. The van der Waals surface area contributed by atoms with Gasteiger partial charge in [0.05, 0.1) is 17.7 Å². The molecule has 2 rings (SSSR count). The van der Waals surface area contributed by atoms with Gasteiger partial charge in [-0.1, -0.05) is 0 Å². The van der Waals surface area contributed by atoms with Crippen LogP contribution < -0.4 is 5.73 Å². The number of aromatic nitrogens is 2. The molecule has 1 aromatic carbocycles. The Bertz CT molecular complexity index is 624. The van der Waals surface area contributed by atoms with Gasteiger partial charge in [-0.3, -0.25) is 0 Å². The van der Waals surface area contributed by atoms with Crippen LogP contribution in [-0.4, -0.2) is 9.97 Å². The fourth-order valence-corrected chi connectivity index (χ4v) is 1.94. The van der Waals surface area contributed by atoms with Crippen LogP contribution in [0.5, 0.6) is 0 Å². The van der Waals surface area contributed by atoms with E-state index in [2.05, 4.69) is 9.97 Å². The monoisotopic (exact) mass is 323 g/mol. The molecule has 0 radical (unpaired) electrons. The largest absolute Gasteiger partial charge is 0.416 e. The second kappa shape index (κ2) is 5.64. The molecule has 0 saturated carbocycles. The number of nitrogens with zero attached hydrogens (tertiary/aromatic N) is 1. The van der Waals surface area contributed by atoms with Crippen LogP contribution in [-0.2, 0) is 25.3 Å². The SMILES string of the molecule is NCc1ncc(Cc2cc(C(F)(F)F)cc(C(F)(F)F)c2)[nH]1. The smallest absolute Gasteiger partial charge is 0.345 e. The molecule has 0 saturated heterocycles. The normalized spacial score (nSPS) is 12.7. The lowest BCUT2D eigenvalue weighted by atomic mass is 10.0. The minimum Gasteiger partial charge on any atom is -0.345 e. The topological polar surface area (TPSA) is 54.7 Å². The fourth-order valence-electron chi connectivity index (χ4n) is 1.94. The second-order valence-electron chi connectivity index (χ2n) is 4.65. The molecule has 0 atom stereocenters. The van der Waals surface area contributed by atoms with Gasteiger partial charge in [0.2, 0.25) is 0 Å². The Kier molecular flexibility index (Phi) is 4.19. The van der Waals surface area contributed by atoms with Crippen LogP contribution in [0.3, 0.4) is 0 Å². The molecular weight excluding hydrogens is 312 g/mol. The highest BCUT2D eigenvalue weighted by atomic mass is 19.4. The van der Waals surface area contributed by atoms with Crippen molar-refractivity contribution in [2.24, 2.45) is 5.73 Å². The average molecular weight is 323 g/mol. The number of hydrogen-bond donors (Lipinski definition) is 2. The van der Waals surface area contributed by atoms with Crippen molar-refractivity contribution < 1.29 is 26.3 Å². The summed E-state index contributed by atoms with van der Waals surface area (Å²) in [5.41, 5.74) is 2.92. The van der Waals surface area contributed by atoms with Crippen molar-refractivity contribution in [1.82, 2.24) is 9.97 Å². The number of nitrogens with one attached hydrogen (secondary N) is 1. The molecule has 0 aliphatic carbocycles. The number of alkyl halides is 6. The lowest BCUT2D eigenvalue weighted by molar-refractivity contribution is -0.143. The van der Waals surface area contributed by atoms with Crippen LogP contribution in [0.15, 0.2) is 24.4 Å². The average Bonchev–Trinajstić information content (AvgIpc) is 2.84. The molecule has 1 heterocycles. The number of aromatic amines is 1. The van der Waals surface area contributed by atoms with Gasteiger partial charge in [-0.25, -0.2) is 4.98 Å². The van der Waals surface area contributed by atoms with Gasteiger partial charge < -0.3 is 10.7 Å². The maximum Gasteiger partial charge on any atom is 0.416 e. The first-order valence-electron chi connectivity index (χ1n) is 6.11. The van der Waals surface area contributed by atoms with E-state index in [1.54, 1.807) is 0 Å². The van der Waals surface area contributed by atoms with Crippen LogP contribution in [0.4, 0.5) is 26.3 Å². The lowest BCUT2D eigenvalue weighted by Gasteiger charge is -2.14. The lowest BCUT2D eigenvalue weighted by Crippen LogP contribution is -2.12. The molecule has 3 nitrogen and oxygen atoms in total. The Morgan fingerprint density at radius 3 is 1.91 bits per heavy atom. The van der Waals surface area contributed by atoms with Crippen LogP contribution in [0, 0.1) is 0 Å². The molecule has 120 valence electrons. The van der Waals surface area contributed by atoms with Gasteiger partial charge in [0.15, 0.2) is 0 Å². The van der Waals surface area contributed by atoms with E-state index in [0.29, 0.717) is 23.7 Å². The minimum absolute atomic E-state index is 0.0936. The predicted molar refractivity (Wildman–Crippen MR) is 65.7 cm³/mol. The number of rotatable bonds is 3. The number of benzene rings is 1. The first-order valence-corrected chi connectivity index (χ1v) is 6.11. The zero-order valence-electron chi connectivity index (χ0n) is 11.0. The molecule has 0 fully saturated rings. The van der Waals surface area contributed by atoms with Gasteiger partial charge in [-0.05, 0) is 23.8 Å². The highest BCUT2D eigenvalue weighted by Crippen LogP contribution is 2.36. The van der Waals surface area contributed by atoms with Crippen molar-refractivity contribution in [3.05, 3.63) is 52.6 Å². The maximum absolute atomic E-state index is 12.7. The van der Waals surface area contributed by atoms with Gasteiger partial charge in [0, 0.05) is 18.3 Å². The number of imidazole rings is 1. The van der Waals surface area contributed by atoms with E-state index >= 15 is 0 Å². The molecule has 3 N–H and O–H groups in total. The summed E-state index contributed by atoms with van der Waals surface area (Å²) >= 11 is 0. The van der Waals surface area contributed by atoms with Gasteiger partial charge in [-0.2, -0.15) is 26.3 Å². The van der Waals surface area contributed by atoms with Crippen LogP contribution >= 0.6 is 0 Å². The maximum atomic E-state index is 12.7. The molecule has 0 aliphatic heterocycles. The summed E-state index contributed by atoms with van der Waals surface area (Å²) in [5.74, 6) is 0.401. The molecule has 2 aromatic rings. The van der Waals surface area contributed by atoms with Gasteiger partial charge >= 0.3 is 12.4 Å². The Morgan fingerprint density at radius 2 is 1.50 bits per heavy atom. The third kappa shape index (κ3) is 3.79. The molecule has 0 amide bonds. The summed E-state index contributed by atoms with van der Waals surface area (Å²) in [5, 5.41) is 0. The summed E-state index contributed by atoms with van der Waals surface area (Å²) in [6, 6.07) is 1.48. The van der Waals surface area contributed by atoms with Crippen molar-refractivity contribution in [1.29, 1.82) is 0 Å². The Balaban J connectivity index is 2.41. The summed E-state index contributed by atoms with van der Waals surface area (Å²) in [6.45, 7) is 0.0936. The van der Waals surface area contributed by atoms with Gasteiger partial charge in [0.25, 0.3) is 0 Å². The number of nitrogens with two attached hydrogens (primary N) is 1. The third-order valence-electron chi connectivity index (χ3n) is 2.92. The Labute approximate surface area is 121 Å². The molecular formula is C13H11F6N3. The van der Waals surface area contributed by atoms with Gasteiger partial charge in [0.1, 0.15) is 5.82 Å². The van der Waals surface area contributed by atoms with Crippen LogP contribution in [0.2, 0.25) is 0 Å². The predicted octanol–water partition coefficient (Wildman–Crippen LogP) is 3.50. The highest BCUT2D eigenvalue weighted by molar-refractivity contribution is 5.35. The zero-order valence-corrected chi connectivity index (χ0v) is 11.0. The number of H-pyrrole nitrogens is 1. The summed E-state index contributed by atoms with van der Waals surface area (Å²) < 4.78 is 76.4. The van der Waals surface area contributed by atoms with Crippen molar-refractivity contribution in [2.45, 2.75) is 25.3 Å². The van der Waals surface area contributed by atoms with E-state index in [4.69, 9.17) is 5.73 Å². The molecule has 9 heteroatoms. The first-order chi connectivity index (χ1) is 10.1. The summed E-state index contributed by atoms with van der Waals surface area (Å²) in [4.78, 5) is 6.58. The minimum atomic E-state index is -4.85. The van der Waals surface area contributed by atoms with Crippen molar-refractivity contribution in [3.63, 3.8) is 0 Å². The Hall–Kier alpha value is -2.03. The van der Waals surface area contributed by atoms with E-state index in [9.17, 15) is 26.3 Å². The third-order valence-corrected chi connectivity index (χ3v) is 2.92. The molecule has 1 aromatic heterocycles. The molecule has 22 heavy (non-hydrogen) atoms. The summed E-state index contributed by atoms with van der Waals surface area (Å²) in [6.07, 6.45) is -8.52. The summed E-state index contributed by atoms with van der Waals surface area (Å²) in [7, 11) is 0. The number of halogens is 6. The van der Waals surface area contributed by atoms with E-state index in [0.717, 1.165) is 0 Å². The van der Waals surface area contributed by atoms with Crippen molar-refractivity contribution >= 4 is 0 Å². The zero-order chi connectivity index (χ0) is 16.5. The van der Waals surface area contributed by atoms with E-state index in [1.807, 2.05) is 0 Å². The molecule has 0 aliphatic rings. The van der Waals surface area contributed by atoms with Crippen LogP contribution in [0.25, 0.3) is 0 Å². The Morgan fingerprint density at radius 1 is 0.955 bits per heavy atom. The van der Waals surface area contributed by atoms with Crippen molar-refractivity contribution in [3.8, 4) is 0 Å². The van der Waals surface area contributed by atoms with Crippen molar-refractivity contribution in [2.75, 3.05) is 0 Å². The first kappa shape index (κ1) is 16.3. The molecule has 0 bridgehead atoms.